The zero-order valence-electron chi connectivity index (χ0n) is 13.1. The van der Waals surface area contributed by atoms with Crippen LogP contribution in [0, 0.1) is 0 Å². The molecular weight excluding hydrogens is 268 g/mol. The summed E-state index contributed by atoms with van der Waals surface area (Å²) in [6.07, 6.45) is 0.619. The molecule has 1 aromatic rings. The molecule has 2 amide bonds. The molecule has 0 saturated heterocycles. The Morgan fingerprint density at radius 2 is 1.95 bits per heavy atom. The maximum atomic E-state index is 11.8. The SMILES string of the molecule is COC(C)(C)CNC(=O)NCC(CCO)c1ccccc1. The summed E-state index contributed by atoms with van der Waals surface area (Å²) in [5, 5.41) is 14.8. The molecule has 0 heterocycles. The second-order valence-corrected chi connectivity index (χ2v) is 5.65. The van der Waals surface area contributed by atoms with E-state index in [4.69, 9.17) is 9.84 Å². The summed E-state index contributed by atoms with van der Waals surface area (Å²) >= 11 is 0. The molecule has 0 spiro atoms. The number of methoxy groups -OCH3 is 1. The van der Waals surface area contributed by atoms with Gasteiger partial charge in [-0.05, 0) is 25.8 Å². The third-order valence-corrected chi connectivity index (χ3v) is 3.48. The van der Waals surface area contributed by atoms with Crippen molar-refractivity contribution in [1.29, 1.82) is 0 Å². The van der Waals surface area contributed by atoms with Crippen LogP contribution in [0.4, 0.5) is 4.79 Å². The van der Waals surface area contributed by atoms with Gasteiger partial charge in [-0.2, -0.15) is 0 Å². The average molecular weight is 294 g/mol. The van der Waals surface area contributed by atoms with Crippen LogP contribution in [-0.2, 0) is 4.74 Å². The lowest BCUT2D eigenvalue weighted by Crippen LogP contribution is -2.45. The van der Waals surface area contributed by atoms with Crippen molar-refractivity contribution in [1.82, 2.24) is 10.6 Å². The van der Waals surface area contributed by atoms with Crippen LogP contribution in [0.25, 0.3) is 0 Å². The van der Waals surface area contributed by atoms with Crippen molar-refractivity contribution in [3.05, 3.63) is 35.9 Å². The van der Waals surface area contributed by atoms with Crippen LogP contribution in [-0.4, -0.2) is 43.5 Å². The van der Waals surface area contributed by atoms with Gasteiger partial charge in [0.1, 0.15) is 0 Å². The van der Waals surface area contributed by atoms with Crippen molar-refractivity contribution in [3.8, 4) is 0 Å². The lowest BCUT2D eigenvalue weighted by molar-refractivity contribution is 0.0254. The zero-order valence-corrected chi connectivity index (χ0v) is 13.1. The van der Waals surface area contributed by atoms with Crippen LogP contribution >= 0.6 is 0 Å². The van der Waals surface area contributed by atoms with Gasteiger partial charge in [-0.1, -0.05) is 30.3 Å². The summed E-state index contributed by atoms with van der Waals surface area (Å²) in [5.41, 5.74) is 0.727. The lowest BCUT2D eigenvalue weighted by atomic mass is 9.96. The Kier molecular flexibility index (Phi) is 7.19. The van der Waals surface area contributed by atoms with Crippen molar-refractivity contribution in [2.24, 2.45) is 0 Å². The fourth-order valence-corrected chi connectivity index (χ4v) is 1.91. The molecule has 21 heavy (non-hydrogen) atoms. The normalized spacial score (nSPS) is 12.8. The number of aliphatic hydroxyl groups excluding tert-OH is 1. The molecule has 0 radical (unpaired) electrons. The molecule has 118 valence electrons. The highest BCUT2D eigenvalue weighted by molar-refractivity contribution is 5.73. The number of aliphatic hydroxyl groups is 1. The first-order valence-corrected chi connectivity index (χ1v) is 7.21. The molecule has 1 atom stereocenters. The highest BCUT2D eigenvalue weighted by atomic mass is 16.5. The van der Waals surface area contributed by atoms with Gasteiger partial charge >= 0.3 is 6.03 Å². The zero-order chi connectivity index (χ0) is 15.7. The summed E-state index contributed by atoms with van der Waals surface area (Å²) < 4.78 is 5.25. The van der Waals surface area contributed by atoms with Gasteiger partial charge in [-0.3, -0.25) is 0 Å². The summed E-state index contributed by atoms with van der Waals surface area (Å²) in [5.74, 6) is 0.109. The number of hydrogen-bond acceptors (Lipinski definition) is 3. The molecule has 3 N–H and O–H groups in total. The van der Waals surface area contributed by atoms with Crippen molar-refractivity contribution in [3.63, 3.8) is 0 Å². The van der Waals surface area contributed by atoms with Crippen molar-refractivity contribution in [2.75, 3.05) is 26.8 Å². The minimum absolute atomic E-state index is 0.0968. The van der Waals surface area contributed by atoms with Crippen LogP contribution in [0.1, 0.15) is 31.7 Å². The molecule has 0 fully saturated rings. The average Bonchev–Trinajstić information content (AvgIpc) is 2.50. The molecule has 0 aliphatic rings. The molecule has 1 unspecified atom stereocenters. The van der Waals surface area contributed by atoms with E-state index in [1.54, 1.807) is 7.11 Å². The second kappa shape index (κ2) is 8.64. The Balaban J connectivity index is 2.45. The van der Waals surface area contributed by atoms with E-state index in [1.807, 2.05) is 44.2 Å². The number of hydrogen-bond donors (Lipinski definition) is 3. The van der Waals surface area contributed by atoms with Crippen LogP contribution in [0.5, 0.6) is 0 Å². The first-order chi connectivity index (χ1) is 9.98. The molecule has 0 aromatic heterocycles. The smallest absolute Gasteiger partial charge is 0.314 e. The van der Waals surface area contributed by atoms with Gasteiger partial charge in [0.05, 0.1) is 5.60 Å². The van der Waals surface area contributed by atoms with Gasteiger partial charge in [0.25, 0.3) is 0 Å². The summed E-state index contributed by atoms with van der Waals surface area (Å²) in [6, 6.07) is 9.66. The first kappa shape index (κ1) is 17.5. The summed E-state index contributed by atoms with van der Waals surface area (Å²) in [4.78, 5) is 11.8. The van der Waals surface area contributed by atoms with E-state index >= 15 is 0 Å². The molecule has 0 bridgehead atoms. The van der Waals surface area contributed by atoms with E-state index in [0.717, 1.165) is 5.56 Å². The molecule has 0 saturated carbocycles. The van der Waals surface area contributed by atoms with Gasteiger partial charge in [0, 0.05) is 32.7 Å². The van der Waals surface area contributed by atoms with Gasteiger partial charge in [-0.25, -0.2) is 4.79 Å². The number of ether oxygens (including phenoxy) is 1. The van der Waals surface area contributed by atoms with Crippen LogP contribution in [0.2, 0.25) is 0 Å². The Bertz CT molecular complexity index is 421. The topological polar surface area (TPSA) is 70.6 Å². The molecular formula is C16H26N2O3. The number of carbonyl (C=O) groups excluding carboxylic acids is 1. The molecule has 0 aliphatic carbocycles. The standard InChI is InChI=1S/C16H26N2O3/c1-16(2,21-3)12-18-15(20)17-11-14(9-10-19)13-7-5-4-6-8-13/h4-8,14,19H,9-12H2,1-3H3,(H2,17,18,20). The predicted octanol–water partition coefficient (Wildman–Crippen LogP) is 1.88. The van der Waals surface area contributed by atoms with Crippen LogP contribution in [0.3, 0.4) is 0 Å². The largest absolute Gasteiger partial charge is 0.396 e. The van der Waals surface area contributed by atoms with Gasteiger partial charge in [0.15, 0.2) is 0 Å². The quantitative estimate of drug-likeness (QED) is 0.685. The number of amides is 2. The van der Waals surface area contributed by atoms with Gasteiger partial charge in [-0.15, -0.1) is 0 Å². The second-order valence-electron chi connectivity index (χ2n) is 5.65. The summed E-state index contributed by atoms with van der Waals surface area (Å²) in [7, 11) is 1.62. The first-order valence-electron chi connectivity index (χ1n) is 7.21. The maximum absolute atomic E-state index is 11.8. The van der Waals surface area contributed by atoms with Gasteiger partial charge < -0.3 is 20.5 Å². The molecule has 5 heteroatoms. The predicted molar refractivity (Wildman–Crippen MR) is 83.4 cm³/mol. The Hall–Kier alpha value is -1.59. The van der Waals surface area contributed by atoms with E-state index < -0.39 is 0 Å². The monoisotopic (exact) mass is 294 g/mol. The molecule has 1 rings (SSSR count). The number of carbonyl (C=O) groups is 1. The number of urea groups is 1. The molecule has 0 aliphatic heterocycles. The van der Waals surface area contributed by atoms with Crippen LogP contribution < -0.4 is 10.6 Å². The van der Waals surface area contributed by atoms with E-state index in [-0.39, 0.29) is 24.2 Å². The number of nitrogens with one attached hydrogen (secondary N) is 2. The Morgan fingerprint density at radius 1 is 1.29 bits per heavy atom. The number of benzene rings is 1. The minimum Gasteiger partial charge on any atom is -0.396 e. The van der Waals surface area contributed by atoms with Crippen LogP contribution in [0.15, 0.2) is 30.3 Å². The van der Waals surface area contributed by atoms with Gasteiger partial charge in [0.2, 0.25) is 0 Å². The Labute approximate surface area is 126 Å². The van der Waals surface area contributed by atoms with E-state index in [0.29, 0.717) is 19.5 Å². The van der Waals surface area contributed by atoms with E-state index in [2.05, 4.69) is 10.6 Å². The van der Waals surface area contributed by atoms with Crippen molar-refractivity contribution >= 4 is 6.03 Å². The third-order valence-electron chi connectivity index (χ3n) is 3.48. The number of rotatable bonds is 8. The van der Waals surface area contributed by atoms with Crippen molar-refractivity contribution < 1.29 is 14.6 Å². The fourth-order valence-electron chi connectivity index (χ4n) is 1.91. The molecule has 1 aromatic carbocycles. The summed E-state index contributed by atoms with van der Waals surface area (Å²) in [6.45, 7) is 4.84. The van der Waals surface area contributed by atoms with Crippen molar-refractivity contribution in [2.45, 2.75) is 31.8 Å². The Morgan fingerprint density at radius 3 is 2.52 bits per heavy atom. The van der Waals surface area contributed by atoms with E-state index in [9.17, 15) is 4.79 Å². The third kappa shape index (κ3) is 6.60. The highest BCUT2D eigenvalue weighted by Gasteiger charge is 2.18. The molecule has 5 nitrogen and oxygen atoms in total. The highest BCUT2D eigenvalue weighted by Crippen LogP contribution is 2.18. The lowest BCUT2D eigenvalue weighted by Gasteiger charge is -2.23. The minimum atomic E-state index is -0.388. The fraction of sp³-hybridized carbons (Fsp3) is 0.562. The van der Waals surface area contributed by atoms with E-state index in [1.165, 1.54) is 0 Å². The maximum Gasteiger partial charge on any atom is 0.314 e.